The fourth-order valence-electron chi connectivity index (χ4n) is 3.14. The fourth-order valence-corrected chi connectivity index (χ4v) is 4.87. The third-order valence-electron chi connectivity index (χ3n) is 4.77. The molecule has 0 fully saturated rings. The summed E-state index contributed by atoms with van der Waals surface area (Å²) in [6.45, 7) is 4.07. The van der Waals surface area contributed by atoms with Crippen LogP contribution in [0.15, 0.2) is 59.1 Å². The highest BCUT2D eigenvalue weighted by Gasteiger charge is 2.18. The molecule has 0 saturated carbocycles. The molecule has 0 N–H and O–H groups in total. The van der Waals surface area contributed by atoms with Crippen LogP contribution in [0.1, 0.15) is 30.1 Å². The number of aromatic nitrogens is 4. The van der Waals surface area contributed by atoms with E-state index in [0.717, 1.165) is 44.5 Å². The first-order valence-corrected chi connectivity index (χ1v) is 11.7. The van der Waals surface area contributed by atoms with Gasteiger partial charge in [-0.05, 0) is 44.2 Å². The molecule has 31 heavy (non-hydrogen) atoms. The number of thioether (sulfide) groups is 1. The number of ether oxygens (including phenoxy) is 2. The summed E-state index contributed by atoms with van der Waals surface area (Å²) >= 11 is 3.29. The van der Waals surface area contributed by atoms with Crippen LogP contribution in [0.4, 0.5) is 0 Å². The van der Waals surface area contributed by atoms with Crippen LogP contribution in [0, 0.1) is 6.92 Å². The van der Waals surface area contributed by atoms with Crippen molar-refractivity contribution in [3.8, 4) is 22.1 Å². The number of benzene rings is 2. The second-order valence-electron chi connectivity index (χ2n) is 7.14. The van der Waals surface area contributed by atoms with E-state index in [1.54, 1.807) is 30.2 Å². The number of rotatable bonds is 8. The van der Waals surface area contributed by atoms with E-state index in [9.17, 15) is 0 Å². The van der Waals surface area contributed by atoms with Crippen LogP contribution in [0.3, 0.4) is 0 Å². The molecule has 0 saturated heterocycles. The maximum absolute atomic E-state index is 6.02. The van der Waals surface area contributed by atoms with E-state index in [1.165, 1.54) is 5.56 Å². The van der Waals surface area contributed by atoms with Gasteiger partial charge in [-0.3, -0.25) is 0 Å². The van der Waals surface area contributed by atoms with Gasteiger partial charge in [-0.2, -0.15) is 0 Å². The van der Waals surface area contributed by atoms with Crippen LogP contribution < -0.4 is 9.47 Å². The molecule has 0 aliphatic carbocycles. The lowest BCUT2D eigenvalue weighted by Crippen LogP contribution is -2.10. The third-order valence-corrected chi connectivity index (χ3v) is 6.76. The third kappa shape index (κ3) is 5.08. The predicted molar refractivity (Wildman–Crippen MR) is 125 cm³/mol. The lowest BCUT2D eigenvalue weighted by molar-refractivity contribution is 0.211. The summed E-state index contributed by atoms with van der Waals surface area (Å²) in [5.74, 6) is 3.07. The van der Waals surface area contributed by atoms with Crippen LogP contribution in [0.25, 0.3) is 10.6 Å². The van der Waals surface area contributed by atoms with Crippen molar-refractivity contribution in [2.75, 3.05) is 7.11 Å². The second kappa shape index (κ2) is 9.53. The van der Waals surface area contributed by atoms with Crippen LogP contribution in [-0.2, 0) is 12.8 Å². The van der Waals surface area contributed by atoms with Gasteiger partial charge in [-0.25, -0.2) is 4.98 Å². The first-order valence-electron chi connectivity index (χ1n) is 9.87. The minimum atomic E-state index is -0.229. The zero-order valence-electron chi connectivity index (χ0n) is 17.9. The molecule has 2 heterocycles. The van der Waals surface area contributed by atoms with Gasteiger partial charge >= 0.3 is 0 Å². The van der Waals surface area contributed by atoms with E-state index in [1.807, 2.05) is 42.8 Å². The summed E-state index contributed by atoms with van der Waals surface area (Å²) in [7, 11) is 3.61. The molecule has 160 valence electrons. The van der Waals surface area contributed by atoms with Crippen LogP contribution in [0.5, 0.6) is 11.5 Å². The van der Waals surface area contributed by atoms with E-state index in [2.05, 4.69) is 46.8 Å². The van der Waals surface area contributed by atoms with E-state index in [-0.39, 0.29) is 6.10 Å². The Labute approximate surface area is 190 Å². The Morgan fingerprint density at radius 3 is 2.61 bits per heavy atom. The zero-order chi connectivity index (χ0) is 21.8. The number of hydrogen-bond acceptors (Lipinski definition) is 7. The molecule has 8 heteroatoms. The quantitative estimate of drug-likeness (QED) is 0.320. The molecule has 0 radical (unpaired) electrons. The van der Waals surface area contributed by atoms with Gasteiger partial charge in [-0.15, -0.1) is 21.5 Å². The van der Waals surface area contributed by atoms with Crippen LogP contribution in [0.2, 0.25) is 0 Å². The van der Waals surface area contributed by atoms with Crippen molar-refractivity contribution >= 4 is 23.1 Å². The minimum absolute atomic E-state index is 0.229. The Balaban J connectivity index is 1.39. The average molecular weight is 453 g/mol. The van der Waals surface area contributed by atoms with Crippen molar-refractivity contribution < 1.29 is 9.47 Å². The Bertz CT molecular complexity index is 1150. The Morgan fingerprint density at radius 2 is 1.87 bits per heavy atom. The van der Waals surface area contributed by atoms with E-state index >= 15 is 0 Å². The van der Waals surface area contributed by atoms with E-state index in [4.69, 9.17) is 14.5 Å². The molecule has 6 nitrogen and oxygen atoms in total. The van der Waals surface area contributed by atoms with Crippen molar-refractivity contribution in [1.82, 2.24) is 19.7 Å². The summed E-state index contributed by atoms with van der Waals surface area (Å²) in [5.41, 5.74) is 3.44. The van der Waals surface area contributed by atoms with Gasteiger partial charge in [0.2, 0.25) is 0 Å². The van der Waals surface area contributed by atoms with Gasteiger partial charge in [0.25, 0.3) is 0 Å². The van der Waals surface area contributed by atoms with E-state index in [0.29, 0.717) is 0 Å². The molecular formula is C23H24N4O2S2. The Kier molecular flexibility index (Phi) is 6.58. The Morgan fingerprint density at radius 1 is 1.10 bits per heavy atom. The molecule has 0 aliphatic heterocycles. The van der Waals surface area contributed by atoms with Gasteiger partial charge in [0.15, 0.2) is 17.1 Å². The SMILES string of the molecule is COc1ccc(OC(C)c2nnc(SCc3csc(-c4cccc(C)c4)n3)n2C)cc1. The van der Waals surface area contributed by atoms with Crippen LogP contribution >= 0.6 is 23.1 Å². The van der Waals surface area contributed by atoms with Gasteiger partial charge in [-0.1, -0.05) is 35.5 Å². The zero-order valence-corrected chi connectivity index (χ0v) is 19.5. The molecule has 1 unspecified atom stereocenters. The number of aryl methyl sites for hydroxylation is 1. The summed E-state index contributed by atoms with van der Waals surface area (Å²) < 4.78 is 13.2. The van der Waals surface area contributed by atoms with Crippen molar-refractivity contribution in [3.05, 3.63) is 71.0 Å². The molecule has 2 aromatic heterocycles. The standard InChI is InChI=1S/C23H24N4O2S2/c1-15-6-5-7-17(12-15)22-24-18(13-30-22)14-31-23-26-25-21(27(23)3)16(2)29-20-10-8-19(28-4)9-11-20/h5-13,16H,14H2,1-4H3. The maximum Gasteiger partial charge on any atom is 0.191 e. The van der Waals surface area contributed by atoms with Crippen molar-refractivity contribution in [2.24, 2.45) is 7.05 Å². The lowest BCUT2D eigenvalue weighted by atomic mass is 10.1. The molecule has 1 atom stereocenters. The minimum Gasteiger partial charge on any atom is -0.497 e. The van der Waals surface area contributed by atoms with Gasteiger partial charge in [0, 0.05) is 23.7 Å². The largest absolute Gasteiger partial charge is 0.497 e. The molecule has 2 aromatic carbocycles. The molecule has 0 bridgehead atoms. The summed E-state index contributed by atoms with van der Waals surface area (Å²) in [4.78, 5) is 4.78. The topological polar surface area (TPSA) is 62.1 Å². The molecule has 0 spiro atoms. The first kappa shape index (κ1) is 21.4. The maximum atomic E-state index is 6.02. The van der Waals surface area contributed by atoms with Gasteiger partial charge < -0.3 is 14.0 Å². The fraction of sp³-hybridized carbons (Fsp3) is 0.261. The monoisotopic (exact) mass is 452 g/mol. The molecule has 0 amide bonds. The first-order chi connectivity index (χ1) is 15.0. The highest BCUT2D eigenvalue weighted by Crippen LogP contribution is 2.29. The number of thiazole rings is 1. The van der Waals surface area contributed by atoms with Gasteiger partial charge in [0.1, 0.15) is 16.5 Å². The van der Waals surface area contributed by atoms with Crippen molar-refractivity contribution in [2.45, 2.75) is 30.9 Å². The number of hydrogen-bond donors (Lipinski definition) is 0. The van der Waals surface area contributed by atoms with Crippen molar-refractivity contribution in [3.63, 3.8) is 0 Å². The van der Waals surface area contributed by atoms with E-state index < -0.39 is 0 Å². The number of methoxy groups -OCH3 is 1. The average Bonchev–Trinajstić information content (AvgIpc) is 3.39. The molecular weight excluding hydrogens is 428 g/mol. The number of nitrogens with zero attached hydrogens (tertiary/aromatic N) is 4. The highest BCUT2D eigenvalue weighted by molar-refractivity contribution is 7.98. The molecule has 4 aromatic rings. The normalized spacial score (nSPS) is 12.0. The molecule has 4 rings (SSSR count). The summed E-state index contributed by atoms with van der Waals surface area (Å²) in [6, 6.07) is 15.9. The lowest BCUT2D eigenvalue weighted by Gasteiger charge is -2.14. The van der Waals surface area contributed by atoms with Crippen molar-refractivity contribution in [1.29, 1.82) is 0 Å². The Hall–Kier alpha value is -2.84. The second-order valence-corrected chi connectivity index (χ2v) is 8.94. The van der Waals surface area contributed by atoms with Crippen LogP contribution in [-0.4, -0.2) is 26.9 Å². The summed E-state index contributed by atoms with van der Waals surface area (Å²) in [5, 5.41) is 12.7. The predicted octanol–water partition coefficient (Wildman–Crippen LogP) is 5.69. The molecule has 0 aliphatic rings. The smallest absolute Gasteiger partial charge is 0.191 e. The summed E-state index contributed by atoms with van der Waals surface area (Å²) in [6.07, 6.45) is -0.229. The highest BCUT2D eigenvalue weighted by atomic mass is 32.2. The van der Waals surface area contributed by atoms with Gasteiger partial charge in [0.05, 0.1) is 12.8 Å².